The molecule has 1 N–H and O–H groups in total. The van der Waals surface area contributed by atoms with Crippen molar-refractivity contribution in [3.05, 3.63) is 82.4 Å². The molecule has 0 radical (unpaired) electrons. The van der Waals surface area contributed by atoms with Crippen LogP contribution in [0.4, 0.5) is 4.39 Å². The van der Waals surface area contributed by atoms with Gasteiger partial charge in [0, 0.05) is 30.6 Å². The third-order valence-electron chi connectivity index (χ3n) is 4.89. The van der Waals surface area contributed by atoms with Crippen molar-refractivity contribution in [1.82, 2.24) is 19.9 Å². The lowest BCUT2D eigenvalue weighted by atomic mass is 10.1. The highest BCUT2D eigenvalue weighted by atomic mass is 19.1. The van der Waals surface area contributed by atoms with Gasteiger partial charge in [0.05, 0.1) is 18.2 Å². The molecule has 1 unspecified atom stereocenters. The van der Waals surface area contributed by atoms with Gasteiger partial charge in [-0.25, -0.2) is 9.37 Å². The fraction of sp³-hybridized carbons (Fsp3) is 0.238. The van der Waals surface area contributed by atoms with Gasteiger partial charge in [0.15, 0.2) is 0 Å². The highest BCUT2D eigenvalue weighted by molar-refractivity contribution is 5.79. The van der Waals surface area contributed by atoms with E-state index in [1.165, 1.54) is 18.2 Å². The summed E-state index contributed by atoms with van der Waals surface area (Å²) in [5, 5.41) is 0. The minimum atomic E-state index is -0.329. The summed E-state index contributed by atoms with van der Waals surface area (Å²) in [7, 11) is 0. The van der Waals surface area contributed by atoms with Crippen LogP contribution in [0, 0.1) is 5.82 Å². The Labute approximate surface area is 161 Å². The van der Waals surface area contributed by atoms with Crippen molar-refractivity contribution in [3.8, 4) is 11.3 Å². The fourth-order valence-electron chi connectivity index (χ4n) is 3.53. The summed E-state index contributed by atoms with van der Waals surface area (Å²) in [6.45, 7) is 0.605. The first-order valence-corrected chi connectivity index (χ1v) is 9.16. The molecule has 1 fully saturated rings. The zero-order valence-electron chi connectivity index (χ0n) is 15.1. The van der Waals surface area contributed by atoms with E-state index in [0.717, 1.165) is 24.0 Å². The van der Waals surface area contributed by atoms with Crippen molar-refractivity contribution in [2.75, 3.05) is 6.54 Å². The Balaban J connectivity index is 1.59. The van der Waals surface area contributed by atoms with Gasteiger partial charge in [-0.15, -0.1) is 0 Å². The van der Waals surface area contributed by atoms with E-state index in [4.69, 9.17) is 0 Å². The van der Waals surface area contributed by atoms with Crippen LogP contribution in [0.2, 0.25) is 0 Å². The summed E-state index contributed by atoms with van der Waals surface area (Å²) >= 11 is 0. The predicted octanol–water partition coefficient (Wildman–Crippen LogP) is 2.88. The number of rotatable bonds is 4. The zero-order chi connectivity index (χ0) is 19.5. The van der Waals surface area contributed by atoms with E-state index >= 15 is 0 Å². The fourth-order valence-corrected chi connectivity index (χ4v) is 3.53. The average molecular weight is 378 g/mol. The minimum absolute atomic E-state index is 0.0638. The number of aromatic amines is 1. The van der Waals surface area contributed by atoms with Gasteiger partial charge >= 0.3 is 0 Å². The molecule has 3 heterocycles. The molecule has 4 rings (SSSR count). The van der Waals surface area contributed by atoms with Crippen LogP contribution in [0.15, 0.2) is 59.7 Å². The maximum absolute atomic E-state index is 13.1. The lowest BCUT2D eigenvalue weighted by Crippen LogP contribution is -2.33. The number of carbonyl (C=O) groups excluding carboxylic acids is 1. The maximum atomic E-state index is 13.1. The van der Waals surface area contributed by atoms with Gasteiger partial charge in [0.25, 0.3) is 5.56 Å². The summed E-state index contributed by atoms with van der Waals surface area (Å²) in [5.41, 5.74) is 1.85. The first-order chi connectivity index (χ1) is 13.6. The van der Waals surface area contributed by atoms with Crippen molar-refractivity contribution in [3.63, 3.8) is 0 Å². The van der Waals surface area contributed by atoms with Crippen LogP contribution < -0.4 is 5.56 Å². The van der Waals surface area contributed by atoms with E-state index in [0.29, 0.717) is 18.1 Å². The third-order valence-corrected chi connectivity index (χ3v) is 4.89. The van der Waals surface area contributed by atoms with E-state index < -0.39 is 0 Å². The molecule has 3 aromatic rings. The molecule has 1 amide bonds. The van der Waals surface area contributed by atoms with E-state index in [1.807, 2.05) is 0 Å². The normalized spacial score (nSPS) is 16.3. The van der Waals surface area contributed by atoms with Gasteiger partial charge in [0.1, 0.15) is 11.6 Å². The monoisotopic (exact) mass is 378 g/mol. The van der Waals surface area contributed by atoms with Crippen LogP contribution in [0.1, 0.15) is 30.3 Å². The molecule has 0 saturated carbocycles. The molecule has 1 aromatic carbocycles. The number of hydrogen-bond acceptors (Lipinski definition) is 4. The quantitative estimate of drug-likeness (QED) is 0.757. The number of carbonyl (C=O) groups is 1. The van der Waals surface area contributed by atoms with E-state index in [1.54, 1.807) is 41.6 Å². The molecule has 6 nitrogen and oxygen atoms in total. The van der Waals surface area contributed by atoms with Gasteiger partial charge in [-0.2, -0.15) is 0 Å². The third kappa shape index (κ3) is 3.83. The summed E-state index contributed by atoms with van der Waals surface area (Å²) in [4.78, 5) is 38.1. The Morgan fingerprint density at radius 2 is 1.93 bits per heavy atom. The molecule has 1 saturated heterocycles. The number of benzene rings is 1. The van der Waals surface area contributed by atoms with Crippen molar-refractivity contribution >= 4 is 5.91 Å². The molecule has 0 aliphatic carbocycles. The van der Waals surface area contributed by atoms with Crippen LogP contribution in [0.25, 0.3) is 11.3 Å². The number of amides is 1. The highest BCUT2D eigenvalue weighted by Gasteiger charge is 2.31. The Hall–Kier alpha value is -3.35. The second kappa shape index (κ2) is 7.72. The molecule has 2 aromatic heterocycles. The molecular formula is C21H19FN4O2. The van der Waals surface area contributed by atoms with Crippen LogP contribution in [0.3, 0.4) is 0 Å². The van der Waals surface area contributed by atoms with Crippen LogP contribution in [-0.2, 0) is 11.2 Å². The van der Waals surface area contributed by atoms with Gasteiger partial charge in [-0.1, -0.05) is 12.1 Å². The first kappa shape index (κ1) is 18.0. The number of hydrogen-bond donors (Lipinski definition) is 1. The number of nitrogens with one attached hydrogen (secondary N) is 1. The Morgan fingerprint density at radius 1 is 1.18 bits per heavy atom. The lowest BCUT2D eigenvalue weighted by Gasteiger charge is -2.24. The van der Waals surface area contributed by atoms with E-state index in [9.17, 15) is 14.0 Å². The summed E-state index contributed by atoms with van der Waals surface area (Å²) in [5.74, 6) is 0.0975. The number of pyridine rings is 1. The average Bonchev–Trinajstić information content (AvgIpc) is 3.20. The Bertz CT molecular complexity index is 1030. The van der Waals surface area contributed by atoms with E-state index in [-0.39, 0.29) is 29.7 Å². The van der Waals surface area contributed by atoms with Crippen LogP contribution >= 0.6 is 0 Å². The first-order valence-electron chi connectivity index (χ1n) is 9.16. The molecule has 1 aliphatic heterocycles. The smallest absolute Gasteiger partial charge is 0.251 e. The van der Waals surface area contributed by atoms with Crippen LogP contribution in [-0.4, -0.2) is 32.3 Å². The zero-order valence-corrected chi connectivity index (χ0v) is 15.1. The number of likely N-dealkylation sites (tertiary alicyclic amines) is 1. The Kier molecular flexibility index (Phi) is 4.97. The van der Waals surface area contributed by atoms with Crippen LogP contribution in [0.5, 0.6) is 0 Å². The number of H-pyrrole nitrogens is 1. The summed E-state index contributed by atoms with van der Waals surface area (Å²) < 4.78 is 13.1. The standard InChI is InChI=1S/C21H19FN4O2/c22-16-5-3-14(4-6-16)12-20(28)26-11-1-2-18(26)21-24-17(13-19(27)25-21)15-7-9-23-10-8-15/h3-10,13,18H,1-2,11-12H2,(H,24,25,27). The molecule has 1 aliphatic rings. The van der Waals surface area contributed by atoms with Crippen molar-refractivity contribution < 1.29 is 9.18 Å². The molecule has 142 valence electrons. The Morgan fingerprint density at radius 3 is 2.68 bits per heavy atom. The van der Waals surface area contributed by atoms with Crippen molar-refractivity contribution in [2.24, 2.45) is 0 Å². The number of aromatic nitrogens is 3. The summed E-state index contributed by atoms with van der Waals surface area (Å²) in [6.07, 6.45) is 5.05. The number of nitrogens with zero attached hydrogens (tertiary/aromatic N) is 3. The number of halogens is 1. The topological polar surface area (TPSA) is 79.0 Å². The summed E-state index contributed by atoms with van der Waals surface area (Å²) in [6, 6.07) is 10.7. The second-order valence-electron chi connectivity index (χ2n) is 6.80. The van der Waals surface area contributed by atoms with E-state index in [2.05, 4.69) is 15.0 Å². The second-order valence-corrected chi connectivity index (χ2v) is 6.80. The molecule has 28 heavy (non-hydrogen) atoms. The maximum Gasteiger partial charge on any atom is 0.251 e. The van der Waals surface area contributed by atoms with Crippen molar-refractivity contribution in [2.45, 2.75) is 25.3 Å². The van der Waals surface area contributed by atoms with Crippen molar-refractivity contribution in [1.29, 1.82) is 0 Å². The highest BCUT2D eigenvalue weighted by Crippen LogP contribution is 2.31. The van der Waals surface area contributed by atoms with Gasteiger partial charge < -0.3 is 9.88 Å². The molecule has 1 atom stereocenters. The molecule has 0 spiro atoms. The lowest BCUT2D eigenvalue weighted by molar-refractivity contribution is -0.131. The van der Waals surface area contributed by atoms with Gasteiger partial charge in [0.2, 0.25) is 5.91 Å². The SMILES string of the molecule is O=C(Cc1ccc(F)cc1)N1CCCC1c1nc(-c2ccncc2)cc(=O)[nH]1. The van der Waals surface area contributed by atoms with Gasteiger partial charge in [-0.05, 0) is 42.7 Å². The minimum Gasteiger partial charge on any atom is -0.332 e. The predicted molar refractivity (Wildman–Crippen MR) is 102 cm³/mol. The molecule has 0 bridgehead atoms. The largest absolute Gasteiger partial charge is 0.332 e. The molecule has 7 heteroatoms. The van der Waals surface area contributed by atoms with Gasteiger partial charge in [-0.3, -0.25) is 14.6 Å². The molecular weight excluding hydrogens is 359 g/mol.